The van der Waals surface area contributed by atoms with Crippen molar-refractivity contribution >= 4 is 11.9 Å². The van der Waals surface area contributed by atoms with Crippen LogP contribution in [-0.2, 0) is 52.2 Å². The van der Waals surface area contributed by atoms with Gasteiger partial charge in [-0.25, -0.2) is 0 Å². The molecule has 1 N–H and O–H groups in total. The predicted octanol–water partition coefficient (Wildman–Crippen LogP) is -0.233. The van der Waals surface area contributed by atoms with Gasteiger partial charge in [0.2, 0.25) is 0 Å². The van der Waals surface area contributed by atoms with Crippen LogP contribution in [0.1, 0.15) is 6.42 Å². The lowest BCUT2D eigenvalue weighted by Gasteiger charge is -2.09. The van der Waals surface area contributed by atoms with Gasteiger partial charge >= 0.3 is 11.9 Å². The first-order chi connectivity index (χ1) is 15.7. The number of carboxylic acid groups (broad SMARTS) is 1. The molecule has 2 aliphatic heterocycles. The van der Waals surface area contributed by atoms with Crippen molar-refractivity contribution in [1.82, 2.24) is 0 Å². The van der Waals surface area contributed by atoms with Crippen molar-refractivity contribution in [2.24, 2.45) is 0 Å². The summed E-state index contributed by atoms with van der Waals surface area (Å²) >= 11 is 0. The van der Waals surface area contributed by atoms with Gasteiger partial charge in [-0.1, -0.05) is 0 Å². The molecule has 0 amide bonds. The first-order valence-corrected chi connectivity index (χ1v) is 10.6. The highest BCUT2D eigenvalue weighted by atomic mass is 16.6. The first-order valence-electron chi connectivity index (χ1n) is 10.6. The van der Waals surface area contributed by atoms with Gasteiger partial charge < -0.3 is 47.7 Å². The van der Waals surface area contributed by atoms with Crippen molar-refractivity contribution in [3.8, 4) is 0 Å². The standard InChI is InChI=1S/2C8H16O4.C4H6O4/c2*1-2-10-5-6-12-8-7-11-4-3-9-1;1-8-4(7)2-3(5)6/h2*1-8H2;2H2,1H3,(H,5,6). The number of carbonyl (C=O) groups excluding carboxylic acids is 1. The molecule has 0 aromatic rings. The summed E-state index contributed by atoms with van der Waals surface area (Å²) < 4.78 is 45.8. The second kappa shape index (κ2) is 25.9. The molecule has 0 aliphatic carbocycles. The Hall–Kier alpha value is -1.38. The highest BCUT2D eigenvalue weighted by Gasteiger charge is 2.04. The van der Waals surface area contributed by atoms with E-state index in [-0.39, 0.29) is 0 Å². The van der Waals surface area contributed by atoms with Crippen LogP contribution >= 0.6 is 0 Å². The van der Waals surface area contributed by atoms with Gasteiger partial charge in [0.15, 0.2) is 0 Å². The Morgan fingerprint density at radius 2 is 0.719 bits per heavy atom. The summed E-state index contributed by atoms with van der Waals surface area (Å²) in [5.41, 5.74) is 0. The Labute approximate surface area is 189 Å². The average Bonchev–Trinajstić information content (AvgIpc) is 2.75. The van der Waals surface area contributed by atoms with Crippen molar-refractivity contribution < 1.29 is 57.3 Å². The van der Waals surface area contributed by atoms with E-state index in [0.717, 1.165) is 7.11 Å². The lowest BCUT2D eigenvalue weighted by atomic mass is 10.4. The lowest BCUT2D eigenvalue weighted by Crippen LogP contribution is -2.16. The van der Waals surface area contributed by atoms with E-state index in [1.807, 2.05) is 0 Å². The van der Waals surface area contributed by atoms with Gasteiger partial charge in [0.05, 0.1) is 113 Å². The van der Waals surface area contributed by atoms with E-state index < -0.39 is 18.4 Å². The van der Waals surface area contributed by atoms with Crippen LogP contribution < -0.4 is 0 Å². The molecule has 0 saturated carbocycles. The molecular weight excluding hydrogens is 432 g/mol. The first kappa shape index (κ1) is 30.6. The maximum atomic E-state index is 10.0. The minimum absolute atomic E-state index is 0.559. The third kappa shape index (κ3) is 26.7. The fourth-order valence-electron chi connectivity index (χ4n) is 1.95. The third-order valence-electron chi connectivity index (χ3n) is 3.50. The number of rotatable bonds is 2. The molecule has 0 aromatic carbocycles. The fraction of sp³-hybridized carbons (Fsp3) is 0.900. The maximum absolute atomic E-state index is 10.0. The zero-order chi connectivity index (χ0) is 23.5. The van der Waals surface area contributed by atoms with Crippen LogP contribution in [0.5, 0.6) is 0 Å². The Morgan fingerprint density at radius 3 is 0.812 bits per heavy atom. The fourth-order valence-corrected chi connectivity index (χ4v) is 1.95. The lowest BCUT2D eigenvalue weighted by molar-refractivity contribution is -0.149. The average molecular weight is 471 g/mol. The van der Waals surface area contributed by atoms with Gasteiger partial charge in [-0.15, -0.1) is 0 Å². The molecule has 190 valence electrons. The minimum Gasteiger partial charge on any atom is -0.481 e. The summed E-state index contributed by atoms with van der Waals surface area (Å²) in [6.45, 7) is 10.3. The van der Waals surface area contributed by atoms with Crippen LogP contribution in [0.4, 0.5) is 0 Å². The SMILES string of the molecule is C1COCCOCCOCCO1.C1COCCOCCOCCO1.COC(=O)CC(=O)O. The number of hydrogen-bond acceptors (Lipinski definition) is 11. The molecule has 12 nitrogen and oxygen atoms in total. The molecule has 0 atom stereocenters. The summed E-state index contributed by atoms with van der Waals surface area (Å²) in [6, 6.07) is 0. The zero-order valence-electron chi connectivity index (χ0n) is 19.0. The normalized spacial score (nSPS) is 20.0. The Kier molecular flexibility index (Phi) is 24.8. The summed E-state index contributed by atoms with van der Waals surface area (Å²) in [7, 11) is 1.14. The van der Waals surface area contributed by atoms with Crippen LogP contribution in [0.2, 0.25) is 0 Å². The van der Waals surface area contributed by atoms with Crippen molar-refractivity contribution in [2.45, 2.75) is 6.42 Å². The Morgan fingerprint density at radius 1 is 0.531 bits per heavy atom. The van der Waals surface area contributed by atoms with Crippen molar-refractivity contribution in [2.75, 3.05) is 113 Å². The van der Waals surface area contributed by atoms with Crippen LogP contribution in [0.25, 0.3) is 0 Å². The minimum atomic E-state index is -1.17. The van der Waals surface area contributed by atoms with Crippen molar-refractivity contribution in [3.63, 3.8) is 0 Å². The number of carbonyl (C=O) groups is 2. The number of carboxylic acids is 1. The van der Waals surface area contributed by atoms with E-state index in [9.17, 15) is 9.59 Å². The summed E-state index contributed by atoms with van der Waals surface area (Å²) in [5.74, 6) is -1.89. The van der Waals surface area contributed by atoms with E-state index in [1.165, 1.54) is 0 Å². The highest BCUT2D eigenvalue weighted by molar-refractivity contribution is 5.89. The van der Waals surface area contributed by atoms with Gasteiger partial charge in [-0.3, -0.25) is 9.59 Å². The second-order valence-electron chi connectivity index (χ2n) is 6.05. The van der Waals surface area contributed by atoms with Crippen molar-refractivity contribution in [1.29, 1.82) is 0 Å². The summed E-state index contributed by atoms with van der Waals surface area (Å²) in [4.78, 5) is 19.7. The van der Waals surface area contributed by atoms with E-state index in [0.29, 0.717) is 106 Å². The van der Waals surface area contributed by atoms with E-state index in [4.69, 9.17) is 43.0 Å². The predicted molar refractivity (Wildman–Crippen MR) is 111 cm³/mol. The van der Waals surface area contributed by atoms with Gasteiger partial charge in [0.1, 0.15) is 6.42 Å². The second-order valence-corrected chi connectivity index (χ2v) is 6.05. The molecule has 2 heterocycles. The van der Waals surface area contributed by atoms with Gasteiger partial charge in [-0.05, 0) is 0 Å². The van der Waals surface area contributed by atoms with E-state index >= 15 is 0 Å². The van der Waals surface area contributed by atoms with Crippen LogP contribution in [0, 0.1) is 0 Å². The Bertz CT molecular complexity index is 311. The molecule has 2 rings (SSSR count). The number of methoxy groups -OCH3 is 1. The quantitative estimate of drug-likeness (QED) is 0.421. The molecule has 0 spiro atoms. The molecule has 0 unspecified atom stereocenters. The molecule has 0 radical (unpaired) electrons. The third-order valence-corrected chi connectivity index (χ3v) is 3.50. The van der Waals surface area contributed by atoms with Gasteiger partial charge in [0, 0.05) is 0 Å². The van der Waals surface area contributed by atoms with Crippen LogP contribution in [0.3, 0.4) is 0 Å². The number of esters is 1. The van der Waals surface area contributed by atoms with Crippen molar-refractivity contribution in [3.05, 3.63) is 0 Å². The molecular formula is C20H38O12. The molecule has 32 heavy (non-hydrogen) atoms. The smallest absolute Gasteiger partial charge is 0.316 e. The molecule has 0 bridgehead atoms. The van der Waals surface area contributed by atoms with Gasteiger partial charge in [0.25, 0.3) is 0 Å². The Balaban J connectivity index is 0.000000462. The maximum Gasteiger partial charge on any atom is 0.316 e. The highest BCUT2D eigenvalue weighted by Crippen LogP contribution is 1.87. The molecule has 2 fully saturated rings. The van der Waals surface area contributed by atoms with Gasteiger partial charge in [-0.2, -0.15) is 0 Å². The molecule has 2 aliphatic rings. The van der Waals surface area contributed by atoms with Crippen LogP contribution in [0.15, 0.2) is 0 Å². The number of aliphatic carboxylic acids is 1. The summed E-state index contributed by atoms with van der Waals surface area (Å²) in [5, 5.41) is 7.91. The molecule has 12 heteroatoms. The molecule has 2 saturated heterocycles. The number of ether oxygens (including phenoxy) is 9. The largest absolute Gasteiger partial charge is 0.481 e. The van der Waals surface area contributed by atoms with E-state index in [2.05, 4.69) is 4.74 Å². The zero-order valence-corrected chi connectivity index (χ0v) is 19.0. The monoisotopic (exact) mass is 470 g/mol. The number of hydrogen-bond donors (Lipinski definition) is 1. The molecule has 0 aromatic heterocycles. The topological polar surface area (TPSA) is 137 Å². The summed E-state index contributed by atoms with van der Waals surface area (Å²) in [6.07, 6.45) is -0.559. The van der Waals surface area contributed by atoms with Crippen LogP contribution in [-0.4, -0.2) is 130 Å². The van der Waals surface area contributed by atoms with E-state index in [1.54, 1.807) is 0 Å².